The molecule has 1 aliphatic rings. The Morgan fingerprint density at radius 2 is 2.46 bits per heavy atom. The Morgan fingerprint density at radius 3 is 2.85 bits per heavy atom. The first-order valence-electron chi connectivity index (χ1n) is 4.26. The van der Waals surface area contributed by atoms with E-state index in [1.807, 2.05) is 0 Å². The van der Waals surface area contributed by atoms with Crippen LogP contribution in [0.15, 0.2) is 0 Å². The number of primary amides is 1. The number of nitrogens with two attached hydrogens (primary N) is 1. The number of hydrogen-bond acceptors (Lipinski definition) is 3. The van der Waals surface area contributed by atoms with Crippen molar-refractivity contribution in [1.82, 2.24) is 4.90 Å². The van der Waals surface area contributed by atoms with Crippen molar-refractivity contribution in [3.63, 3.8) is 0 Å². The van der Waals surface area contributed by atoms with E-state index in [1.54, 1.807) is 6.92 Å². The largest absolute Gasteiger partial charge is 0.392 e. The first kappa shape index (κ1) is 9.98. The second-order valence-corrected chi connectivity index (χ2v) is 3.45. The molecule has 0 aliphatic carbocycles. The topological polar surface area (TPSA) is 83.6 Å². The third kappa shape index (κ3) is 2.42. The molecule has 3 N–H and O–H groups in total. The fraction of sp³-hybridized carbons (Fsp3) is 0.750. The zero-order valence-corrected chi connectivity index (χ0v) is 7.56. The van der Waals surface area contributed by atoms with Gasteiger partial charge in [0.05, 0.1) is 12.0 Å². The lowest BCUT2D eigenvalue weighted by atomic mass is 10.1. The van der Waals surface area contributed by atoms with Crippen LogP contribution in [0.2, 0.25) is 0 Å². The molecule has 1 aliphatic heterocycles. The van der Waals surface area contributed by atoms with Crippen molar-refractivity contribution in [1.29, 1.82) is 0 Å². The third-order valence-electron chi connectivity index (χ3n) is 2.10. The van der Waals surface area contributed by atoms with Crippen LogP contribution in [0.1, 0.15) is 13.3 Å². The molecule has 1 saturated heterocycles. The summed E-state index contributed by atoms with van der Waals surface area (Å²) in [4.78, 5) is 23.5. The number of aliphatic hydroxyl groups excluding tert-OH is 1. The van der Waals surface area contributed by atoms with Gasteiger partial charge in [-0.3, -0.25) is 9.59 Å². The minimum atomic E-state index is -0.560. The number of rotatable bonds is 3. The number of aliphatic hydroxyl groups is 1. The van der Waals surface area contributed by atoms with Gasteiger partial charge in [0.2, 0.25) is 11.8 Å². The molecule has 1 heterocycles. The van der Waals surface area contributed by atoms with Gasteiger partial charge >= 0.3 is 0 Å². The molecule has 5 nitrogen and oxygen atoms in total. The molecule has 0 bridgehead atoms. The second-order valence-electron chi connectivity index (χ2n) is 3.45. The summed E-state index contributed by atoms with van der Waals surface area (Å²) in [7, 11) is 0. The molecule has 0 aromatic rings. The Morgan fingerprint density at radius 1 is 1.85 bits per heavy atom. The Balaban J connectivity index is 2.51. The highest BCUT2D eigenvalue weighted by molar-refractivity contribution is 5.88. The number of carbonyl (C=O) groups is 2. The van der Waals surface area contributed by atoms with Crippen LogP contribution in [-0.4, -0.2) is 41.0 Å². The van der Waals surface area contributed by atoms with E-state index in [0.29, 0.717) is 6.54 Å². The Kier molecular flexibility index (Phi) is 2.87. The molecule has 2 unspecified atom stereocenters. The summed E-state index contributed by atoms with van der Waals surface area (Å²) in [5, 5.41) is 9.05. The van der Waals surface area contributed by atoms with Gasteiger partial charge in [0.25, 0.3) is 0 Å². The molecule has 13 heavy (non-hydrogen) atoms. The number of β-amino-alcohol motifs (C(OH)–C–C–N with tert-alkyl or cyclic N) is 1. The fourth-order valence-corrected chi connectivity index (χ4v) is 1.46. The van der Waals surface area contributed by atoms with Gasteiger partial charge in [-0.05, 0) is 6.92 Å². The van der Waals surface area contributed by atoms with Crippen molar-refractivity contribution in [3.8, 4) is 0 Å². The molecule has 1 rings (SSSR count). The van der Waals surface area contributed by atoms with Crippen molar-refractivity contribution in [2.24, 2.45) is 11.7 Å². The van der Waals surface area contributed by atoms with E-state index in [2.05, 4.69) is 0 Å². The molecule has 74 valence electrons. The highest BCUT2D eigenvalue weighted by Crippen LogP contribution is 2.17. The molecule has 2 amide bonds. The zero-order valence-electron chi connectivity index (χ0n) is 7.56. The number of likely N-dealkylation sites (tertiary alicyclic amines) is 1. The molecule has 1 fully saturated rings. The van der Waals surface area contributed by atoms with E-state index in [0.717, 1.165) is 0 Å². The van der Waals surface area contributed by atoms with Gasteiger partial charge < -0.3 is 15.7 Å². The van der Waals surface area contributed by atoms with Crippen molar-refractivity contribution in [2.45, 2.75) is 19.4 Å². The van der Waals surface area contributed by atoms with Gasteiger partial charge in [-0.15, -0.1) is 0 Å². The van der Waals surface area contributed by atoms with Gasteiger partial charge in [-0.25, -0.2) is 0 Å². The maximum Gasteiger partial charge on any atom is 0.223 e. The Hall–Kier alpha value is -1.10. The number of hydrogen-bond donors (Lipinski definition) is 2. The van der Waals surface area contributed by atoms with Crippen molar-refractivity contribution >= 4 is 11.8 Å². The zero-order chi connectivity index (χ0) is 10.0. The summed E-state index contributed by atoms with van der Waals surface area (Å²) in [6.45, 7) is 2.23. The van der Waals surface area contributed by atoms with E-state index in [1.165, 1.54) is 4.90 Å². The van der Waals surface area contributed by atoms with Crippen LogP contribution in [0, 0.1) is 5.92 Å². The van der Waals surface area contributed by atoms with Gasteiger partial charge in [-0.2, -0.15) is 0 Å². The average molecular weight is 186 g/mol. The maximum atomic E-state index is 11.2. The van der Waals surface area contributed by atoms with Crippen LogP contribution in [0.4, 0.5) is 0 Å². The third-order valence-corrected chi connectivity index (χ3v) is 2.10. The van der Waals surface area contributed by atoms with Crippen LogP contribution in [0.3, 0.4) is 0 Å². The SMILES string of the molecule is CC(O)CN1CC(C(N)=O)CC1=O. The monoisotopic (exact) mass is 186 g/mol. The molecular formula is C8H14N2O3. The average Bonchev–Trinajstić information content (AvgIpc) is 2.31. The summed E-state index contributed by atoms with van der Waals surface area (Å²) in [5.41, 5.74) is 5.07. The Labute approximate surface area is 76.5 Å². The Bertz CT molecular complexity index is 227. The van der Waals surface area contributed by atoms with Crippen LogP contribution in [0.5, 0.6) is 0 Å². The molecule has 0 spiro atoms. The summed E-state index contributed by atoms with van der Waals surface area (Å²) in [6, 6.07) is 0. The molecule has 0 aromatic heterocycles. The van der Waals surface area contributed by atoms with Crippen molar-refractivity contribution in [3.05, 3.63) is 0 Å². The smallest absolute Gasteiger partial charge is 0.223 e. The van der Waals surface area contributed by atoms with Crippen LogP contribution in [-0.2, 0) is 9.59 Å². The number of nitrogens with zero attached hydrogens (tertiary/aromatic N) is 1. The lowest BCUT2D eigenvalue weighted by molar-refractivity contribution is -0.129. The lowest BCUT2D eigenvalue weighted by Crippen LogP contribution is -2.33. The van der Waals surface area contributed by atoms with Crippen LogP contribution in [0.25, 0.3) is 0 Å². The van der Waals surface area contributed by atoms with E-state index in [9.17, 15) is 9.59 Å². The second kappa shape index (κ2) is 3.74. The molecule has 0 radical (unpaired) electrons. The van der Waals surface area contributed by atoms with Gasteiger partial charge in [0.1, 0.15) is 0 Å². The van der Waals surface area contributed by atoms with E-state index in [-0.39, 0.29) is 24.8 Å². The predicted octanol–water partition coefficient (Wildman–Crippen LogP) is -1.30. The van der Waals surface area contributed by atoms with E-state index >= 15 is 0 Å². The number of amides is 2. The predicted molar refractivity (Wildman–Crippen MR) is 45.6 cm³/mol. The molecule has 0 aromatic carbocycles. The molecule has 2 atom stereocenters. The van der Waals surface area contributed by atoms with Crippen LogP contribution >= 0.6 is 0 Å². The summed E-state index contributed by atoms with van der Waals surface area (Å²) >= 11 is 0. The first-order valence-corrected chi connectivity index (χ1v) is 4.26. The van der Waals surface area contributed by atoms with Gasteiger partial charge in [-0.1, -0.05) is 0 Å². The minimum absolute atomic E-state index is 0.107. The number of carbonyl (C=O) groups excluding carboxylic acids is 2. The van der Waals surface area contributed by atoms with Crippen molar-refractivity contribution < 1.29 is 14.7 Å². The van der Waals surface area contributed by atoms with Crippen LogP contribution < -0.4 is 5.73 Å². The highest BCUT2D eigenvalue weighted by Gasteiger charge is 2.33. The quantitative estimate of drug-likeness (QED) is 0.574. The maximum absolute atomic E-state index is 11.2. The minimum Gasteiger partial charge on any atom is -0.392 e. The fourth-order valence-electron chi connectivity index (χ4n) is 1.46. The normalized spacial score (nSPS) is 24.9. The molecule has 5 heteroatoms. The van der Waals surface area contributed by atoms with E-state index in [4.69, 9.17) is 10.8 Å². The molecule has 0 saturated carbocycles. The highest BCUT2D eigenvalue weighted by atomic mass is 16.3. The van der Waals surface area contributed by atoms with Gasteiger partial charge in [0, 0.05) is 19.5 Å². The lowest BCUT2D eigenvalue weighted by Gasteiger charge is -2.17. The van der Waals surface area contributed by atoms with E-state index < -0.39 is 12.0 Å². The summed E-state index contributed by atoms with van der Waals surface area (Å²) in [5.74, 6) is -0.933. The summed E-state index contributed by atoms with van der Waals surface area (Å²) < 4.78 is 0. The standard InChI is InChI=1S/C8H14N2O3/c1-5(11)3-10-4-6(8(9)13)2-7(10)12/h5-6,11H,2-4H2,1H3,(H2,9,13). The molecular weight excluding hydrogens is 172 g/mol. The first-order chi connectivity index (χ1) is 6.00. The van der Waals surface area contributed by atoms with Crippen molar-refractivity contribution in [2.75, 3.05) is 13.1 Å². The summed E-state index contributed by atoms with van der Waals surface area (Å²) in [6.07, 6.45) is -0.377. The van der Waals surface area contributed by atoms with Gasteiger partial charge in [0.15, 0.2) is 0 Å².